The van der Waals surface area contributed by atoms with E-state index in [1.54, 1.807) is 50.4 Å². The maximum atomic E-state index is 12.3. The zero-order valence-corrected chi connectivity index (χ0v) is 11.7. The predicted octanol–water partition coefficient (Wildman–Crippen LogP) is 3.23. The van der Waals surface area contributed by atoms with Crippen LogP contribution in [0.25, 0.3) is 0 Å². The molecule has 0 aliphatic rings. The maximum absolute atomic E-state index is 12.3. The molecular formula is C16H16O4. The lowest BCUT2D eigenvalue weighted by molar-refractivity contribution is 0.0730. The van der Waals surface area contributed by atoms with Crippen molar-refractivity contribution in [3.63, 3.8) is 0 Å². The summed E-state index contributed by atoms with van der Waals surface area (Å²) in [5.41, 5.74) is 1.06. The Hall–Kier alpha value is -2.49. The Morgan fingerprint density at radius 2 is 1.50 bits per heavy atom. The van der Waals surface area contributed by atoms with E-state index in [0.29, 0.717) is 28.4 Å². The summed E-state index contributed by atoms with van der Waals surface area (Å²) in [5.74, 6) is 1.10. The van der Waals surface area contributed by atoms with Crippen molar-refractivity contribution in [2.45, 2.75) is 6.92 Å². The zero-order chi connectivity index (χ0) is 14.5. The molecule has 2 aromatic carbocycles. The first-order valence-corrected chi connectivity index (χ1v) is 6.16. The summed E-state index contributed by atoms with van der Waals surface area (Å²) < 4.78 is 15.8. The molecule has 2 aromatic rings. The molecular weight excluding hydrogens is 256 g/mol. The molecule has 2 rings (SSSR count). The summed E-state index contributed by atoms with van der Waals surface area (Å²) in [6, 6.07) is 12.4. The highest BCUT2D eigenvalue weighted by molar-refractivity contribution is 5.96. The average Bonchev–Trinajstić information content (AvgIpc) is 2.47. The van der Waals surface area contributed by atoms with Crippen molar-refractivity contribution in [3.05, 3.63) is 53.6 Å². The lowest BCUT2D eigenvalue weighted by Crippen LogP contribution is -2.12. The van der Waals surface area contributed by atoms with Crippen molar-refractivity contribution >= 4 is 5.97 Å². The molecule has 0 aliphatic heterocycles. The third-order valence-corrected chi connectivity index (χ3v) is 2.97. The van der Waals surface area contributed by atoms with Gasteiger partial charge in [-0.05, 0) is 31.2 Å². The number of hydrogen-bond donors (Lipinski definition) is 0. The van der Waals surface area contributed by atoms with Crippen molar-refractivity contribution < 1.29 is 19.0 Å². The monoisotopic (exact) mass is 272 g/mol. The fourth-order valence-electron chi connectivity index (χ4n) is 1.96. The van der Waals surface area contributed by atoms with Gasteiger partial charge in [-0.3, -0.25) is 0 Å². The van der Waals surface area contributed by atoms with Crippen molar-refractivity contribution in [1.29, 1.82) is 0 Å². The lowest BCUT2D eigenvalue weighted by atomic mass is 10.1. The minimum absolute atomic E-state index is 0.371. The van der Waals surface area contributed by atoms with Crippen LogP contribution in [0, 0.1) is 6.92 Å². The minimum atomic E-state index is -0.468. The molecule has 4 nitrogen and oxygen atoms in total. The highest BCUT2D eigenvalue weighted by Crippen LogP contribution is 2.30. The van der Waals surface area contributed by atoms with Crippen molar-refractivity contribution in [2.24, 2.45) is 0 Å². The maximum Gasteiger partial charge on any atom is 0.347 e. The van der Waals surface area contributed by atoms with Crippen molar-refractivity contribution in [1.82, 2.24) is 0 Å². The van der Waals surface area contributed by atoms with Crippen LogP contribution in [-0.2, 0) is 0 Å². The highest BCUT2D eigenvalue weighted by Gasteiger charge is 2.20. The van der Waals surface area contributed by atoms with E-state index < -0.39 is 5.97 Å². The first kappa shape index (κ1) is 13.9. The van der Waals surface area contributed by atoms with Crippen LogP contribution in [0.3, 0.4) is 0 Å². The third kappa shape index (κ3) is 2.74. The molecule has 0 saturated heterocycles. The predicted molar refractivity (Wildman–Crippen MR) is 75.7 cm³/mol. The molecule has 0 atom stereocenters. The number of carbonyl (C=O) groups is 1. The average molecular weight is 272 g/mol. The molecule has 20 heavy (non-hydrogen) atoms. The molecule has 0 fully saturated rings. The second-order valence-corrected chi connectivity index (χ2v) is 4.17. The van der Waals surface area contributed by atoms with Gasteiger partial charge in [-0.15, -0.1) is 0 Å². The normalized spacial score (nSPS) is 9.95. The molecule has 0 unspecified atom stereocenters. The Morgan fingerprint density at radius 3 is 2.10 bits per heavy atom. The molecule has 0 N–H and O–H groups in total. The number of para-hydroxylation sites is 1. The topological polar surface area (TPSA) is 44.8 Å². The fourth-order valence-corrected chi connectivity index (χ4v) is 1.96. The molecule has 0 radical (unpaired) electrons. The standard InChI is InChI=1S/C16H16O4/c1-11-13(18-2)9-10-14(19-3)15(11)16(17)20-12-7-5-4-6-8-12/h4-10H,1-3H3. The molecule has 0 spiro atoms. The number of rotatable bonds is 4. The van der Waals surface area contributed by atoms with E-state index in [0.717, 1.165) is 0 Å². The summed E-state index contributed by atoms with van der Waals surface area (Å²) in [4.78, 5) is 12.3. The number of methoxy groups -OCH3 is 2. The van der Waals surface area contributed by atoms with Crippen LogP contribution < -0.4 is 14.2 Å². The van der Waals surface area contributed by atoms with Crippen LogP contribution >= 0.6 is 0 Å². The molecule has 0 aliphatic carbocycles. The van der Waals surface area contributed by atoms with Crippen molar-refractivity contribution in [3.8, 4) is 17.2 Å². The van der Waals surface area contributed by atoms with Crippen LogP contribution in [0.2, 0.25) is 0 Å². The van der Waals surface area contributed by atoms with Gasteiger partial charge in [-0.25, -0.2) is 4.79 Å². The van der Waals surface area contributed by atoms with Gasteiger partial charge in [-0.2, -0.15) is 0 Å². The van der Waals surface area contributed by atoms with Gasteiger partial charge < -0.3 is 14.2 Å². The van der Waals surface area contributed by atoms with E-state index in [1.165, 1.54) is 7.11 Å². The molecule has 0 heterocycles. The van der Waals surface area contributed by atoms with E-state index in [-0.39, 0.29) is 0 Å². The van der Waals surface area contributed by atoms with Crippen LogP contribution in [-0.4, -0.2) is 20.2 Å². The summed E-state index contributed by atoms with van der Waals surface area (Å²) in [6.07, 6.45) is 0. The lowest BCUT2D eigenvalue weighted by Gasteiger charge is -2.13. The first-order chi connectivity index (χ1) is 9.67. The largest absolute Gasteiger partial charge is 0.496 e. The van der Waals surface area contributed by atoms with Gasteiger partial charge in [0.2, 0.25) is 0 Å². The second-order valence-electron chi connectivity index (χ2n) is 4.17. The van der Waals surface area contributed by atoms with Gasteiger partial charge in [0.25, 0.3) is 0 Å². The van der Waals surface area contributed by atoms with Crippen LogP contribution in [0.5, 0.6) is 17.2 Å². The molecule has 0 aromatic heterocycles. The van der Waals surface area contributed by atoms with Crippen LogP contribution in [0.1, 0.15) is 15.9 Å². The number of hydrogen-bond acceptors (Lipinski definition) is 4. The number of benzene rings is 2. The smallest absolute Gasteiger partial charge is 0.347 e. The van der Waals surface area contributed by atoms with Crippen molar-refractivity contribution in [2.75, 3.05) is 14.2 Å². The Kier molecular flexibility index (Phi) is 4.25. The van der Waals surface area contributed by atoms with E-state index in [4.69, 9.17) is 14.2 Å². The summed E-state index contributed by atoms with van der Waals surface area (Å²) in [6.45, 7) is 1.79. The minimum Gasteiger partial charge on any atom is -0.496 e. The molecule has 104 valence electrons. The summed E-state index contributed by atoms with van der Waals surface area (Å²) in [7, 11) is 3.07. The molecule has 0 bridgehead atoms. The molecule has 0 saturated carbocycles. The van der Waals surface area contributed by atoms with Gasteiger partial charge >= 0.3 is 5.97 Å². The number of esters is 1. The Balaban J connectivity index is 2.38. The summed E-state index contributed by atoms with van der Waals surface area (Å²) in [5, 5.41) is 0. The first-order valence-electron chi connectivity index (χ1n) is 6.16. The van der Waals surface area contributed by atoms with Crippen LogP contribution in [0.15, 0.2) is 42.5 Å². The van der Waals surface area contributed by atoms with Gasteiger partial charge in [0.05, 0.1) is 14.2 Å². The van der Waals surface area contributed by atoms with E-state index in [1.807, 2.05) is 6.07 Å². The third-order valence-electron chi connectivity index (χ3n) is 2.97. The van der Waals surface area contributed by atoms with E-state index in [9.17, 15) is 4.79 Å². The zero-order valence-electron chi connectivity index (χ0n) is 11.7. The second kappa shape index (κ2) is 6.10. The molecule has 0 amide bonds. The van der Waals surface area contributed by atoms with Gasteiger partial charge in [0.15, 0.2) is 0 Å². The van der Waals surface area contributed by atoms with E-state index >= 15 is 0 Å². The summed E-state index contributed by atoms with van der Waals surface area (Å²) >= 11 is 0. The Bertz CT molecular complexity index is 605. The van der Waals surface area contributed by atoms with Crippen LogP contribution in [0.4, 0.5) is 0 Å². The molecule has 4 heteroatoms. The SMILES string of the molecule is COc1ccc(OC)c(C(=O)Oc2ccccc2)c1C. The number of ether oxygens (including phenoxy) is 3. The fraction of sp³-hybridized carbons (Fsp3) is 0.188. The van der Waals surface area contributed by atoms with Gasteiger partial charge in [-0.1, -0.05) is 18.2 Å². The van der Waals surface area contributed by atoms with Gasteiger partial charge in [0.1, 0.15) is 22.8 Å². The quantitative estimate of drug-likeness (QED) is 0.633. The Labute approximate surface area is 117 Å². The number of carbonyl (C=O) groups excluding carboxylic acids is 1. The van der Waals surface area contributed by atoms with Gasteiger partial charge in [0, 0.05) is 5.56 Å². The van der Waals surface area contributed by atoms with E-state index in [2.05, 4.69) is 0 Å². The highest BCUT2D eigenvalue weighted by atomic mass is 16.5. The Morgan fingerprint density at radius 1 is 0.900 bits per heavy atom.